The van der Waals surface area contributed by atoms with Gasteiger partial charge in [0.15, 0.2) is 11.3 Å². The van der Waals surface area contributed by atoms with E-state index in [2.05, 4.69) is 36.6 Å². The number of carboxylic acids is 1. The topological polar surface area (TPSA) is 183 Å². The predicted octanol–water partition coefficient (Wildman–Crippen LogP) is 12.1. The number of aromatic carboxylic acids is 1. The van der Waals surface area contributed by atoms with E-state index < -0.39 is 31.2 Å². The largest absolute Gasteiger partial charge is 0.478 e. The molecule has 8 aromatic rings. The van der Waals surface area contributed by atoms with E-state index in [9.17, 15) is 50.6 Å². The second-order valence-electron chi connectivity index (χ2n) is 20.0. The molecule has 0 radical (unpaired) electrons. The van der Waals surface area contributed by atoms with Crippen LogP contribution in [-0.4, -0.2) is 92.1 Å². The van der Waals surface area contributed by atoms with Gasteiger partial charge in [-0.25, -0.2) is 14.8 Å². The van der Waals surface area contributed by atoms with Gasteiger partial charge in [0.25, 0.3) is 17.7 Å². The number of hydrogen-bond acceptors (Lipinski definition) is 8. The van der Waals surface area contributed by atoms with E-state index in [0.29, 0.717) is 61.7 Å². The van der Waals surface area contributed by atoms with E-state index in [1.165, 1.54) is 6.07 Å². The van der Waals surface area contributed by atoms with Crippen LogP contribution in [-0.2, 0) is 0 Å². The van der Waals surface area contributed by atoms with Gasteiger partial charge in [-0.05, 0) is 135 Å². The van der Waals surface area contributed by atoms with E-state index >= 15 is 0 Å². The zero-order chi connectivity index (χ0) is 56.5. The number of imidazole rings is 2. The van der Waals surface area contributed by atoms with Gasteiger partial charge in [-0.15, -0.1) is 0 Å². The lowest BCUT2D eigenvalue weighted by atomic mass is 10.00. The SMILES string of the molecule is CNC(=O)c1ccc(-c2cc(NCCC(F)(F)F)c3ncc(-c4ccc(C(=O)NC5CC5)c(C)c4)n3c2)cc1C.Cc1cc(-c2cc(NCCC(F)(F)F)c3ncc(-c4ccc(C(=O)NC5CC5)c(C)c4)n3c2)ccc1C(=O)O. The summed E-state index contributed by atoms with van der Waals surface area (Å²) in [6.07, 6.45) is 0.410. The zero-order valence-corrected chi connectivity index (χ0v) is 43.8. The van der Waals surface area contributed by atoms with Crippen LogP contribution in [0.5, 0.6) is 0 Å². The molecule has 2 fully saturated rings. The number of rotatable bonds is 16. The minimum atomic E-state index is -4.31. The molecular formula is C59H57F6N9O5. The van der Waals surface area contributed by atoms with Gasteiger partial charge < -0.3 is 31.7 Å². The second-order valence-corrected chi connectivity index (χ2v) is 20.0. The smallest absolute Gasteiger partial charge is 0.390 e. The number of pyridine rings is 2. The van der Waals surface area contributed by atoms with Crippen molar-refractivity contribution in [3.8, 4) is 44.8 Å². The number of nitrogens with zero attached hydrogens (tertiary/aromatic N) is 4. The van der Waals surface area contributed by atoms with Crippen LogP contribution in [0.4, 0.5) is 37.7 Å². The fourth-order valence-corrected chi connectivity index (χ4v) is 9.31. The minimum absolute atomic E-state index is 0.0984. The van der Waals surface area contributed by atoms with Crippen molar-refractivity contribution in [2.75, 3.05) is 30.8 Å². The van der Waals surface area contributed by atoms with E-state index in [-0.39, 0.29) is 48.5 Å². The Labute approximate surface area is 450 Å². The van der Waals surface area contributed by atoms with Crippen LogP contribution in [0, 0.1) is 27.7 Å². The number of amides is 3. The van der Waals surface area contributed by atoms with Crippen LogP contribution in [0.2, 0.25) is 0 Å². The highest BCUT2D eigenvalue weighted by Crippen LogP contribution is 2.35. The fraction of sp³-hybridized carbons (Fsp3) is 0.288. The molecule has 14 nitrogen and oxygen atoms in total. The van der Waals surface area contributed by atoms with Gasteiger partial charge in [0.2, 0.25) is 0 Å². The van der Waals surface area contributed by atoms with Crippen LogP contribution in [0.1, 0.15) is 102 Å². The Morgan fingerprint density at radius 3 is 1.22 bits per heavy atom. The average molecular weight is 1090 g/mol. The van der Waals surface area contributed by atoms with Gasteiger partial charge >= 0.3 is 18.3 Å². The molecule has 79 heavy (non-hydrogen) atoms. The van der Waals surface area contributed by atoms with Crippen molar-refractivity contribution in [1.29, 1.82) is 0 Å². The molecule has 0 saturated heterocycles. The Kier molecular flexibility index (Phi) is 15.6. The molecule has 2 aliphatic rings. The van der Waals surface area contributed by atoms with Crippen LogP contribution >= 0.6 is 0 Å². The maximum atomic E-state index is 12.9. The molecule has 2 aliphatic carbocycles. The average Bonchev–Trinajstić information content (AvgIpc) is 4.46. The van der Waals surface area contributed by atoms with Crippen LogP contribution in [0.3, 0.4) is 0 Å². The van der Waals surface area contributed by atoms with Crippen molar-refractivity contribution in [3.63, 3.8) is 0 Å². The molecular weight excluding hydrogens is 1030 g/mol. The highest BCUT2D eigenvalue weighted by atomic mass is 19.4. The van der Waals surface area contributed by atoms with Gasteiger partial charge in [0, 0.05) is 83.6 Å². The summed E-state index contributed by atoms with van der Waals surface area (Å²) in [4.78, 5) is 57.9. The van der Waals surface area contributed by atoms with Gasteiger partial charge in [0.1, 0.15) is 0 Å². The summed E-state index contributed by atoms with van der Waals surface area (Å²) in [5.74, 6) is -1.45. The lowest BCUT2D eigenvalue weighted by molar-refractivity contribution is -0.132. The molecule has 6 N–H and O–H groups in total. The van der Waals surface area contributed by atoms with Gasteiger partial charge in [0.05, 0.1) is 53.6 Å². The van der Waals surface area contributed by atoms with E-state index in [4.69, 9.17) is 0 Å². The molecule has 3 amide bonds. The van der Waals surface area contributed by atoms with Gasteiger partial charge in [-0.2, -0.15) is 26.3 Å². The molecule has 0 aliphatic heterocycles. The molecule has 4 aromatic heterocycles. The first-order valence-corrected chi connectivity index (χ1v) is 25.7. The number of aromatic nitrogens is 4. The molecule has 4 aromatic carbocycles. The van der Waals surface area contributed by atoms with Crippen molar-refractivity contribution in [2.24, 2.45) is 0 Å². The van der Waals surface area contributed by atoms with Crippen molar-refractivity contribution in [2.45, 2.75) is 90.7 Å². The van der Waals surface area contributed by atoms with Crippen molar-refractivity contribution >= 4 is 46.4 Å². The molecule has 4 heterocycles. The van der Waals surface area contributed by atoms with Crippen LogP contribution in [0.25, 0.3) is 56.1 Å². The molecule has 10 rings (SSSR count). The van der Waals surface area contributed by atoms with Crippen molar-refractivity contribution in [3.05, 3.63) is 154 Å². The van der Waals surface area contributed by atoms with Gasteiger partial charge in [-0.3, -0.25) is 23.2 Å². The molecule has 410 valence electrons. The Balaban J connectivity index is 0.000000192. The quantitative estimate of drug-likeness (QED) is 0.0513. The molecule has 0 spiro atoms. The third-order valence-electron chi connectivity index (χ3n) is 13.8. The summed E-state index contributed by atoms with van der Waals surface area (Å²) >= 11 is 0. The Bertz CT molecular complexity index is 3670. The normalized spacial score (nSPS) is 13.4. The number of carbonyl (C=O) groups excluding carboxylic acids is 3. The number of anilines is 2. The number of benzene rings is 4. The summed E-state index contributed by atoms with van der Waals surface area (Å²) in [5.41, 5.74) is 12.6. The number of fused-ring (bicyclic) bond motifs is 2. The predicted molar refractivity (Wildman–Crippen MR) is 291 cm³/mol. The molecule has 0 atom stereocenters. The Morgan fingerprint density at radius 1 is 0.519 bits per heavy atom. The number of carbonyl (C=O) groups is 4. The second kappa shape index (κ2) is 22.4. The minimum Gasteiger partial charge on any atom is -0.478 e. The number of halogens is 6. The van der Waals surface area contributed by atoms with E-state index in [1.54, 1.807) is 73.2 Å². The van der Waals surface area contributed by atoms with E-state index in [0.717, 1.165) is 70.3 Å². The first kappa shape index (κ1) is 55.1. The van der Waals surface area contributed by atoms with Crippen LogP contribution in [0.15, 0.2) is 110 Å². The third kappa shape index (κ3) is 13.0. The van der Waals surface area contributed by atoms with Crippen molar-refractivity contribution < 1.29 is 50.6 Å². The number of carboxylic acid groups (broad SMARTS) is 1. The lowest BCUT2D eigenvalue weighted by Gasteiger charge is -2.14. The molecule has 2 saturated carbocycles. The number of aryl methyl sites for hydroxylation is 4. The maximum absolute atomic E-state index is 12.9. The zero-order valence-electron chi connectivity index (χ0n) is 43.8. The standard InChI is InChI=1S/C30H30F3N5O2.C29H27F3N4O3/c1-17-12-19(4-8-23(17)28(39)34-3)21-14-25(35-11-10-30(31,32)33)27-36-15-26(38(27)16-21)20-5-9-24(18(2)13-20)29(40)37-22-6-7-22;1-16-12-19(4-7-22(16)27(37)35-21-5-6-21)25-14-34-26-24(33-10-9-29(30,31)32)13-20(15-36(25)26)18-3-8-23(28(38)39)17(2)11-18/h4-5,8-9,12-16,22,35H,6-7,10-11H2,1-3H3,(H,34,39)(H,37,40);3-4,7-8,11-15,21,33H,5-6,9-10H2,1-2H3,(H,35,37)(H,38,39). The lowest BCUT2D eigenvalue weighted by Crippen LogP contribution is -2.26. The van der Waals surface area contributed by atoms with E-state index in [1.807, 2.05) is 74.0 Å². The summed E-state index contributed by atoms with van der Waals surface area (Å²) in [7, 11) is 1.57. The van der Waals surface area contributed by atoms with Gasteiger partial charge in [-0.1, -0.05) is 36.4 Å². The molecule has 0 unspecified atom stereocenters. The summed E-state index contributed by atoms with van der Waals surface area (Å²) < 4.78 is 80.9. The monoisotopic (exact) mass is 1090 g/mol. The summed E-state index contributed by atoms with van der Waals surface area (Å²) in [5, 5.41) is 23.8. The Morgan fingerprint density at radius 2 is 0.873 bits per heavy atom. The molecule has 20 heteroatoms. The summed E-state index contributed by atoms with van der Waals surface area (Å²) in [6, 6.07) is 25.3. The molecule has 0 bridgehead atoms. The maximum Gasteiger partial charge on any atom is 0.390 e. The summed E-state index contributed by atoms with van der Waals surface area (Å²) in [6.45, 7) is 6.63. The Hall–Kier alpha value is -8.68. The number of nitrogens with one attached hydrogen (secondary N) is 5. The van der Waals surface area contributed by atoms with Crippen LogP contribution < -0.4 is 26.6 Å². The highest BCUT2D eigenvalue weighted by molar-refractivity contribution is 5.98. The number of hydrogen-bond donors (Lipinski definition) is 6. The fourth-order valence-electron chi connectivity index (χ4n) is 9.31. The third-order valence-corrected chi connectivity index (χ3v) is 13.8. The first-order chi connectivity index (χ1) is 37.5. The number of alkyl halides is 6. The first-order valence-electron chi connectivity index (χ1n) is 25.7. The van der Waals surface area contributed by atoms with Crippen molar-refractivity contribution in [1.82, 2.24) is 34.7 Å². The highest BCUT2D eigenvalue weighted by Gasteiger charge is 2.29.